The van der Waals surface area contributed by atoms with Crippen molar-refractivity contribution in [3.8, 4) is 5.75 Å². The Morgan fingerprint density at radius 1 is 1.39 bits per heavy atom. The first-order valence-corrected chi connectivity index (χ1v) is 5.84. The molecule has 1 N–H and O–H groups in total. The highest BCUT2D eigenvalue weighted by Gasteiger charge is 2.10. The Morgan fingerprint density at radius 3 is 2.89 bits per heavy atom. The third-order valence-corrected chi connectivity index (χ3v) is 2.43. The summed E-state index contributed by atoms with van der Waals surface area (Å²) in [5.41, 5.74) is 0.809. The zero-order valence-corrected chi connectivity index (χ0v) is 10.5. The van der Waals surface area contributed by atoms with E-state index in [1.54, 1.807) is 6.07 Å². The van der Waals surface area contributed by atoms with Crippen LogP contribution in [0.2, 0.25) is 0 Å². The van der Waals surface area contributed by atoms with Gasteiger partial charge in [-0.1, -0.05) is 31.1 Å². The van der Waals surface area contributed by atoms with Gasteiger partial charge in [0.15, 0.2) is 6.61 Å². The van der Waals surface area contributed by atoms with Crippen LogP contribution in [0, 0.1) is 0 Å². The fourth-order valence-corrected chi connectivity index (χ4v) is 1.44. The molecule has 0 saturated carbocycles. The number of nitrogens with zero attached hydrogens (tertiary/aromatic N) is 2. The molecule has 0 unspecified atom stereocenters. The maximum atomic E-state index is 9.02. The number of hydrogen-bond acceptors (Lipinski definition) is 5. The third kappa shape index (κ3) is 3.07. The molecule has 0 aliphatic rings. The molecule has 18 heavy (non-hydrogen) atoms. The van der Waals surface area contributed by atoms with Crippen molar-refractivity contribution >= 4 is 0 Å². The molecule has 1 heterocycles. The molecule has 0 fully saturated rings. The summed E-state index contributed by atoms with van der Waals surface area (Å²) in [6.07, 6.45) is 0. The van der Waals surface area contributed by atoms with Gasteiger partial charge in [0.25, 0.3) is 0 Å². The SMILES string of the molecule is CC(C)c1nc(COc2cccc(CO)c2)no1. The quantitative estimate of drug-likeness (QED) is 0.879. The van der Waals surface area contributed by atoms with Gasteiger partial charge in [0.05, 0.1) is 6.61 Å². The van der Waals surface area contributed by atoms with Crippen molar-refractivity contribution in [2.75, 3.05) is 0 Å². The number of rotatable bonds is 5. The summed E-state index contributed by atoms with van der Waals surface area (Å²) in [4.78, 5) is 4.22. The van der Waals surface area contributed by atoms with E-state index in [0.717, 1.165) is 5.56 Å². The molecule has 0 radical (unpaired) electrons. The highest BCUT2D eigenvalue weighted by Crippen LogP contribution is 2.15. The number of aliphatic hydroxyl groups is 1. The molecule has 1 aromatic heterocycles. The number of aliphatic hydroxyl groups excluding tert-OH is 1. The first kappa shape index (κ1) is 12.6. The van der Waals surface area contributed by atoms with Gasteiger partial charge in [-0.15, -0.1) is 0 Å². The van der Waals surface area contributed by atoms with Crippen molar-refractivity contribution < 1.29 is 14.4 Å². The average molecular weight is 248 g/mol. The summed E-state index contributed by atoms with van der Waals surface area (Å²) >= 11 is 0. The van der Waals surface area contributed by atoms with Gasteiger partial charge in [0, 0.05) is 5.92 Å². The Labute approximate surface area is 105 Å². The number of benzene rings is 1. The normalized spacial score (nSPS) is 10.9. The number of ether oxygens (including phenoxy) is 1. The molecule has 0 saturated heterocycles. The van der Waals surface area contributed by atoms with E-state index in [4.69, 9.17) is 14.4 Å². The lowest BCUT2D eigenvalue weighted by molar-refractivity contribution is 0.273. The van der Waals surface area contributed by atoms with E-state index in [2.05, 4.69) is 10.1 Å². The maximum absolute atomic E-state index is 9.02. The van der Waals surface area contributed by atoms with Crippen LogP contribution >= 0.6 is 0 Å². The van der Waals surface area contributed by atoms with Crippen LogP contribution in [0.4, 0.5) is 0 Å². The number of hydrogen-bond donors (Lipinski definition) is 1. The summed E-state index contributed by atoms with van der Waals surface area (Å²) in [7, 11) is 0. The van der Waals surface area contributed by atoms with Gasteiger partial charge < -0.3 is 14.4 Å². The fourth-order valence-electron chi connectivity index (χ4n) is 1.44. The van der Waals surface area contributed by atoms with Gasteiger partial charge in [-0.3, -0.25) is 0 Å². The van der Waals surface area contributed by atoms with E-state index in [0.29, 0.717) is 17.5 Å². The summed E-state index contributed by atoms with van der Waals surface area (Å²) in [6, 6.07) is 7.26. The van der Waals surface area contributed by atoms with Crippen molar-refractivity contribution in [3.63, 3.8) is 0 Å². The summed E-state index contributed by atoms with van der Waals surface area (Å²) in [5.74, 6) is 2.02. The molecular formula is C13H16N2O3. The smallest absolute Gasteiger partial charge is 0.229 e. The highest BCUT2D eigenvalue weighted by atomic mass is 16.5. The van der Waals surface area contributed by atoms with Crippen LogP contribution in [-0.4, -0.2) is 15.2 Å². The minimum atomic E-state index is -0.00307. The summed E-state index contributed by atoms with van der Waals surface area (Å²) in [5, 5.41) is 12.9. The predicted molar refractivity (Wildman–Crippen MR) is 65.1 cm³/mol. The van der Waals surface area contributed by atoms with Gasteiger partial charge >= 0.3 is 0 Å². The second-order valence-electron chi connectivity index (χ2n) is 4.30. The molecule has 1 aromatic carbocycles. The number of aromatic nitrogens is 2. The molecule has 5 heteroatoms. The minimum absolute atomic E-state index is 0.00307. The summed E-state index contributed by atoms with van der Waals surface area (Å²) < 4.78 is 10.6. The van der Waals surface area contributed by atoms with Crippen LogP contribution in [0.15, 0.2) is 28.8 Å². The van der Waals surface area contributed by atoms with Crippen molar-refractivity contribution in [2.24, 2.45) is 0 Å². The zero-order valence-electron chi connectivity index (χ0n) is 10.5. The molecule has 0 spiro atoms. The Bertz CT molecular complexity index is 508. The molecule has 0 amide bonds. The van der Waals surface area contributed by atoms with E-state index < -0.39 is 0 Å². The molecule has 0 bridgehead atoms. The standard InChI is InChI=1S/C13H16N2O3/c1-9(2)13-14-12(15-18-13)8-17-11-5-3-4-10(6-11)7-16/h3-6,9,16H,7-8H2,1-2H3. The Balaban J connectivity index is 1.97. The second-order valence-corrected chi connectivity index (χ2v) is 4.30. The largest absolute Gasteiger partial charge is 0.485 e. The van der Waals surface area contributed by atoms with Crippen molar-refractivity contribution in [1.29, 1.82) is 0 Å². The van der Waals surface area contributed by atoms with Crippen LogP contribution in [0.1, 0.15) is 37.0 Å². The van der Waals surface area contributed by atoms with Crippen LogP contribution in [0.5, 0.6) is 5.75 Å². The van der Waals surface area contributed by atoms with Crippen LogP contribution in [0.3, 0.4) is 0 Å². The molecular weight excluding hydrogens is 232 g/mol. The van der Waals surface area contributed by atoms with Gasteiger partial charge in [-0.2, -0.15) is 4.98 Å². The lowest BCUT2D eigenvalue weighted by atomic mass is 10.2. The lowest BCUT2D eigenvalue weighted by Crippen LogP contribution is -1.98. The highest BCUT2D eigenvalue weighted by molar-refractivity contribution is 5.28. The van der Waals surface area contributed by atoms with E-state index in [1.807, 2.05) is 32.0 Å². The molecule has 2 rings (SSSR count). The van der Waals surface area contributed by atoms with E-state index in [-0.39, 0.29) is 19.1 Å². The van der Waals surface area contributed by atoms with Gasteiger partial charge in [-0.25, -0.2) is 0 Å². The Morgan fingerprint density at radius 2 is 2.22 bits per heavy atom. The average Bonchev–Trinajstić information content (AvgIpc) is 2.85. The lowest BCUT2D eigenvalue weighted by Gasteiger charge is -2.04. The molecule has 0 atom stereocenters. The fraction of sp³-hybridized carbons (Fsp3) is 0.385. The maximum Gasteiger partial charge on any atom is 0.229 e. The molecule has 0 aliphatic carbocycles. The molecule has 96 valence electrons. The van der Waals surface area contributed by atoms with Crippen LogP contribution in [-0.2, 0) is 13.2 Å². The van der Waals surface area contributed by atoms with Crippen molar-refractivity contribution in [3.05, 3.63) is 41.5 Å². The van der Waals surface area contributed by atoms with Gasteiger partial charge in [0.1, 0.15) is 5.75 Å². The molecule has 2 aromatic rings. The van der Waals surface area contributed by atoms with Crippen LogP contribution in [0.25, 0.3) is 0 Å². The second kappa shape index (κ2) is 5.64. The third-order valence-electron chi connectivity index (χ3n) is 2.43. The van der Waals surface area contributed by atoms with E-state index in [1.165, 1.54) is 0 Å². The van der Waals surface area contributed by atoms with Gasteiger partial charge in [-0.05, 0) is 17.7 Å². The Hall–Kier alpha value is -1.88. The predicted octanol–water partition coefficient (Wildman–Crippen LogP) is 2.26. The topological polar surface area (TPSA) is 68.4 Å². The zero-order chi connectivity index (χ0) is 13.0. The first-order valence-electron chi connectivity index (χ1n) is 5.84. The monoisotopic (exact) mass is 248 g/mol. The van der Waals surface area contributed by atoms with Crippen molar-refractivity contribution in [1.82, 2.24) is 10.1 Å². The molecule has 0 aliphatic heterocycles. The summed E-state index contributed by atoms with van der Waals surface area (Å²) in [6.45, 7) is 4.23. The molecule has 5 nitrogen and oxygen atoms in total. The minimum Gasteiger partial charge on any atom is -0.485 e. The van der Waals surface area contributed by atoms with E-state index >= 15 is 0 Å². The van der Waals surface area contributed by atoms with Gasteiger partial charge in [0.2, 0.25) is 11.7 Å². The van der Waals surface area contributed by atoms with E-state index in [9.17, 15) is 0 Å². The Kier molecular flexibility index (Phi) is 3.94. The van der Waals surface area contributed by atoms with Crippen LogP contribution < -0.4 is 4.74 Å². The van der Waals surface area contributed by atoms with Crippen molar-refractivity contribution in [2.45, 2.75) is 33.0 Å². The first-order chi connectivity index (χ1) is 8.69.